The minimum atomic E-state index is -0.243. The molecule has 0 saturated carbocycles. The Morgan fingerprint density at radius 3 is 1.92 bits per heavy atom. The van der Waals surface area contributed by atoms with Gasteiger partial charge in [0, 0.05) is 11.3 Å². The number of carbonyl (C=O) groups is 1. The summed E-state index contributed by atoms with van der Waals surface area (Å²) in [7, 11) is 0. The predicted molar refractivity (Wildman–Crippen MR) is 172 cm³/mol. The Kier molecular flexibility index (Phi) is 25.5. The fourth-order valence-electron chi connectivity index (χ4n) is 3.24. The van der Waals surface area contributed by atoms with Gasteiger partial charge in [0.15, 0.2) is 0 Å². The maximum Gasteiger partial charge on any atom is 0.145 e. The molecule has 220 valence electrons. The van der Waals surface area contributed by atoms with Crippen LogP contribution in [0.4, 0.5) is 0 Å². The van der Waals surface area contributed by atoms with Crippen LogP contribution in [0.2, 0.25) is 5.02 Å². The highest BCUT2D eigenvalue weighted by Gasteiger charge is 2.25. The summed E-state index contributed by atoms with van der Waals surface area (Å²) >= 11 is 12.4. The van der Waals surface area contributed by atoms with E-state index in [-0.39, 0.29) is 12.0 Å². The van der Waals surface area contributed by atoms with Crippen LogP contribution in [0.25, 0.3) is 0 Å². The lowest BCUT2D eigenvalue weighted by Gasteiger charge is -2.28. The lowest BCUT2D eigenvalue weighted by Crippen LogP contribution is -2.19. The summed E-state index contributed by atoms with van der Waals surface area (Å²) in [5.41, 5.74) is 3.15. The summed E-state index contributed by atoms with van der Waals surface area (Å²) in [5, 5.41) is 0.632. The van der Waals surface area contributed by atoms with E-state index in [9.17, 15) is 0 Å². The Hall–Kier alpha value is -2.69. The van der Waals surface area contributed by atoms with Crippen LogP contribution in [0.1, 0.15) is 78.5 Å². The first kappa shape index (κ1) is 40.8. The minimum absolute atomic E-state index is 0.243. The summed E-state index contributed by atoms with van der Waals surface area (Å²) in [5.74, 6) is 3.19. The summed E-state index contributed by atoms with van der Waals surface area (Å²) in [6.07, 6.45) is 1.62. The Morgan fingerprint density at radius 1 is 0.923 bits per heavy atom. The molecule has 2 aromatic carbocycles. The van der Waals surface area contributed by atoms with E-state index < -0.39 is 0 Å². The molecule has 0 unspecified atom stereocenters. The monoisotopic (exact) mass is 580 g/mol. The lowest BCUT2D eigenvalue weighted by atomic mass is 9.77. The molecule has 0 spiro atoms. The van der Waals surface area contributed by atoms with Crippen LogP contribution in [0.3, 0.4) is 0 Å². The number of benzene rings is 2. The summed E-state index contributed by atoms with van der Waals surface area (Å²) in [6, 6.07) is 12.2. The van der Waals surface area contributed by atoms with E-state index in [1.54, 1.807) is 6.92 Å². The van der Waals surface area contributed by atoms with Gasteiger partial charge >= 0.3 is 0 Å². The topological polar surface area (TPSA) is 44.8 Å². The number of hydrogen-bond donors (Lipinski definition) is 0. The van der Waals surface area contributed by atoms with E-state index in [2.05, 4.69) is 65.3 Å². The van der Waals surface area contributed by atoms with E-state index in [4.69, 9.17) is 42.2 Å². The number of ether oxygens (including phenoxy) is 3. The first-order chi connectivity index (χ1) is 18.7. The first-order valence-electron chi connectivity index (χ1n) is 13.2. The summed E-state index contributed by atoms with van der Waals surface area (Å²) in [6.45, 7) is 32.6. The van der Waals surface area contributed by atoms with E-state index >= 15 is 0 Å². The molecular weight excluding hydrogens is 531 g/mol. The average molecular weight is 582 g/mol. The highest BCUT2D eigenvalue weighted by Crippen LogP contribution is 2.39. The van der Waals surface area contributed by atoms with Crippen LogP contribution in [-0.4, -0.2) is 25.9 Å². The van der Waals surface area contributed by atoms with Crippen molar-refractivity contribution in [3.05, 3.63) is 95.9 Å². The number of aryl methyl sites for hydroxylation is 1. The maximum atomic E-state index is 8.00. The smallest absolute Gasteiger partial charge is 0.145 e. The van der Waals surface area contributed by atoms with Gasteiger partial charge in [-0.2, -0.15) is 0 Å². The van der Waals surface area contributed by atoms with Crippen LogP contribution >= 0.6 is 23.2 Å². The van der Waals surface area contributed by atoms with Crippen LogP contribution in [0.15, 0.2) is 74.2 Å². The maximum absolute atomic E-state index is 8.00. The van der Waals surface area contributed by atoms with Crippen LogP contribution in [0.5, 0.6) is 11.5 Å². The number of allylic oxidation sites excluding steroid dienone is 1. The molecular formula is C33H50Cl2O4. The minimum Gasteiger partial charge on any atom is -0.492 e. The van der Waals surface area contributed by atoms with Gasteiger partial charge in [-0.05, 0) is 54.7 Å². The number of rotatable bonds is 12. The molecule has 0 heterocycles. The van der Waals surface area contributed by atoms with Crippen LogP contribution in [-0.2, 0) is 21.4 Å². The van der Waals surface area contributed by atoms with Crippen molar-refractivity contribution in [1.82, 2.24) is 0 Å². The van der Waals surface area contributed by atoms with Gasteiger partial charge in [-0.3, -0.25) is 0 Å². The van der Waals surface area contributed by atoms with Gasteiger partial charge in [0.2, 0.25) is 0 Å². The largest absolute Gasteiger partial charge is 0.492 e. The third-order valence-corrected chi connectivity index (χ3v) is 5.59. The van der Waals surface area contributed by atoms with Crippen molar-refractivity contribution in [2.45, 2.75) is 73.6 Å². The molecule has 0 atom stereocenters. The highest BCUT2D eigenvalue weighted by molar-refractivity contribution is 6.32. The molecule has 0 aliphatic heterocycles. The van der Waals surface area contributed by atoms with Crippen molar-refractivity contribution in [2.75, 3.05) is 19.1 Å². The second-order valence-electron chi connectivity index (χ2n) is 7.97. The molecule has 6 heteroatoms. The second-order valence-corrected chi connectivity index (χ2v) is 8.76. The average Bonchev–Trinajstić information content (AvgIpc) is 2.96. The number of carbonyl (C=O) groups excluding carboxylic acids is 1. The van der Waals surface area contributed by atoms with Crippen molar-refractivity contribution in [3.8, 4) is 11.5 Å². The van der Waals surface area contributed by atoms with E-state index in [0.29, 0.717) is 29.0 Å². The molecule has 0 fully saturated rings. The van der Waals surface area contributed by atoms with Crippen molar-refractivity contribution in [1.29, 1.82) is 0 Å². The SMILES string of the molecule is C=C.C=C(C)OC(=C)COc1ccc(C(C)(C)c2cc(Cl)c(OCCCCl)c(CC)c2)cc1.C=O.CC.CC. The molecule has 2 aromatic rings. The standard InChI is InChI=1S/C26H32Cl2O3.2C2H6.C2H4.CH2O/c1-7-20-15-22(16-24(28)25(20)29-14-8-13-27)26(5,6)21-9-11-23(12-10-21)30-17-19(4)31-18(2)3;4*1-2/h9-12,15-16H,2,4,7-8,13-14,17H2,1,3,5-6H3;2*1-2H3;1-2H2;1H2. The van der Waals surface area contributed by atoms with Gasteiger partial charge in [-0.1, -0.05) is 91.4 Å². The zero-order valence-electron chi connectivity index (χ0n) is 25.4. The van der Waals surface area contributed by atoms with Gasteiger partial charge in [0.1, 0.15) is 30.7 Å². The lowest BCUT2D eigenvalue weighted by molar-refractivity contribution is -0.0980. The molecule has 0 N–H and O–H groups in total. The Bertz CT molecular complexity index is 935. The highest BCUT2D eigenvalue weighted by atomic mass is 35.5. The summed E-state index contributed by atoms with van der Waals surface area (Å²) < 4.78 is 17.0. The van der Waals surface area contributed by atoms with Crippen LogP contribution in [0, 0.1) is 0 Å². The van der Waals surface area contributed by atoms with Gasteiger partial charge < -0.3 is 19.0 Å². The summed E-state index contributed by atoms with van der Waals surface area (Å²) in [4.78, 5) is 8.00. The Balaban J connectivity index is -0.00000148. The predicted octanol–water partition coefficient (Wildman–Crippen LogP) is 10.3. The van der Waals surface area contributed by atoms with Gasteiger partial charge in [-0.25, -0.2) is 0 Å². The molecule has 4 nitrogen and oxygen atoms in total. The number of halogens is 2. The van der Waals surface area contributed by atoms with Crippen molar-refractivity contribution in [3.63, 3.8) is 0 Å². The second kappa shape index (κ2) is 24.4. The molecule has 0 aliphatic carbocycles. The van der Waals surface area contributed by atoms with Crippen molar-refractivity contribution in [2.24, 2.45) is 0 Å². The fourth-order valence-corrected chi connectivity index (χ4v) is 3.64. The molecule has 0 aliphatic rings. The molecule has 0 aromatic heterocycles. The Labute approximate surface area is 248 Å². The van der Waals surface area contributed by atoms with Crippen molar-refractivity contribution >= 4 is 30.0 Å². The van der Waals surface area contributed by atoms with Gasteiger partial charge in [0.25, 0.3) is 0 Å². The van der Waals surface area contributed by atoms with Gasteiger partial charge in [0.05, 0.1) is 17.4 Å². The third kappa shape index (κ3) is 14.9. The fraction of sp³-hybridized carbons (Fsp3) is 0.424. The van der Waals surface area contributed by atoms with Crippen molar-refractivity contribution < 1.29 is 19.0 Å². The molecule has 39 heavy (non-hydrogen) atoms. The van der Waals surface area contributed by atoms with E-state index in [0.717, 1.165) is 41.0 Å². The molecule has 0 amide bonds. The number of alkyl halides is 1. The molecule has 2 rings (SSSR count). The van der Waals surface area contributed by atoms with E-state index in [1.165, 1.54) is 0 Å². The van der Waals surface area contributed by atoms with Crippen LogP contribution < -0.4 is 9.47 Å². The molecule has 0 radical (unpaired) electrons. The first-order valence-corrected chi connectivity index (χ1v) is 14.1. The molecule has 0 bridgehead atoms. The third-order valence-electron chi connectivity index (χ3n) is 5.04. The number of hydrogen-bond acceptors (Lipinski definition) is 4. The Morgan fingerprint density at radius 2 is 1.46 bits per heavy atom. The quantitative estimate of drug-likeness (QED) is 0.108. The van der Waals surface area contributed by atoms with Gasteiger partial charge in [-0.15, -0.1) is 24.8 Å². The zero-order chi connectivity index (χ0) is 31.0. The normalized spacial score (nSPS) is 9.38. The molecule has 0 saturated heterocycles. The van der Waals surface area contributed by atoms with E-state index in [1.807, 2.05) is 52.7 Å². The zero-order valence-corrected chi connectivity index (χ0v) is 26.9.